The van der Waals surface area contributed by atoms with Crippen molar-refractivity contribution in [3.8, 4) is 18.4 Å². The van der Waals surface area contributed by atoms with Gasteiger partial charge >= 0.3 is 36.4 Å². The molecule has 0 bridgehead atoms. The summed E-state index contributed by atoms with van der Waals surface area (Å²) in [6.45, 7) is 9.93. The normalized spacial score (nSPS) is 18.2. The van der Waals surface area contributed by atoms with E-state index in [-0.39, 0.29) is 60.2 Å². The summed E-state index contributed by atoms with van der Waals surface area (Å²) in [6.07, 6.45) is -2.94. The molecule has 0 N–H and O–H groups in total. The van der Waals surface area contributed by atoms with E-state index in [1.165, 1.54) is 47.9 Å². The van der Waals surface area contributed by atoms with E-state index in [4.69, 9.17) is 15.9 Å². The predicted octanol–water partition coefficient (Wildman–Crippen LogP) is 10.3. The summed E-state index contributed by atoms with van der Waals surface area (Å²) in [5.41, 5.74) is 0.260. The molecule has 19 heteroatoms. The number of ether oxygens (including phenoxy) is 2. The Morgan fingerprint density at radius 3 is 1.32 bits per heavy atom. The van der Waals surface area contributed by atoms with Gasteiger partial charge in [-0.25, -0.2) is 19.2 Å². The van der Waals surface area contributed by atoms with Crippen LogP contribution in [0.25, 0.3) is 0 Å². The average molecular weight is 1020 g/mol. The van der Waals surface area contributed by atoms with Crippen molar-refractivity contribution in [3.05, 3.63) is 153 Å². The van der Waals surface area contributed by atoms with Crippen molar-refractivity contribution in [2.24, 2.45) is 0 Å². The lowest BCUT2D eigenvalue weighted by atomic mass is 9.92. The van der Waals surface area contributed by atoms with Crippen LogP contribution in [0.2, 0.25) is 0 Å². The Labute approximate surface area is 425 Å². The number of carbonyl (C=O) groups is 4. The van der Waals surface area contributed by atoms with Crippen LogP contribution in [0.4, 0.5) is 47.3 Å². The van der Waals surface area contributed by atoms with Gasteiger partial charge in [0.25, 0.3) is 0 Å². The SMILES string of the molecule is C#Cc1ccc(C2C(C(=O)OCC)=C(C)N(c3cccc(C(F)(F)F)c3)C(=O)N2CCCN2CCN(CCCN3C(=O)N(c4cccc(C(F)(F)F)c4)C(C)=C(C(=O)OCC)C3c3ccc(C#N)cc3)CC2)cc1. The van der Waals surface area contributed by atoms with Gasteiger partial charge in [0.05, 0.1) is 70.6 Å². The average Bonchev–Trinajstić information content (AvgIpc) is 3.37. The van der Waals surface area contributed by atoms with E-state index >= 15 is 0 Å². The van der Waals surface area contributed by atoms with E-state index in [0.717, 1.165) is 34.1 Å². The molecule has 3 heterocycles. The van der Waals surface area contributed by atoms with Gasteiger partial charge in [0, 0.05) is 56.2 Å². The van der Waals surface area contributed by atoms with Crippen LogP contribution in [-0.4, -0.2) is 109 Å². The summed E-state index contributed by atoms with van der Waals surface area (Å²) in [5, 5.41) is 9.51. The Balaban J connectivity index is 1.07. The molecular weight excluding hydrogens is 969 g/mol. The van der Waals surface area contributed by atoms with Crippen molar-refractivity contribution in [3.63, 3.8) is 0 Å². The minimum absolute atomic E-state index is 0.00640. The second-order valence-electron chi connectivity index (χ2n) is 17.9. The van der Waals surface area contributed by atoms with Crippen LogP contribution in [0.1, 0.15) is 86.0 Å². The fraction of sp³-hybridized carbons (Fsp3) is 0.364. The third kappa shape index (κ3) is 11.8. The highest BCUT2D eigenvalue weighted by Crippen LogP contribution is 2.44. The summed E-state index contributed by atoms with van der Waals surface area (Å²) in [5.74, 6) is 1.08. The number of alkyl halides is 6. The lowest BCUT2D eigenvalue weighted by molar-refractivity contribution is -0.140. The molecule has 0 aromatic heterocycles. The van der Waals surface area contributed by atoms with Gasteiger partial charge in [-0.05, 0) is 125 Å². The number of anilines is 2. The molecule has 0 spiro atoms. The highest BCUT2D eigenvalue weighted by molar-refractivity contribution is 6.04. The van der Waals surface area contributed by atoms with Crippen LogP contribution in [0.15, 0.2) is 120 Å². The van der Waals surface area contributed by atoms with Crippen molar-refractivity contribution >= 4 is 35.4 Å². The topological polar surface area (TPSA) is 130 Å². The van der Waals surface area contributed by atoms with E-state index in [1.54, 1.807) is 62.4 Å². The van der Waals surface area contributed by atoms with Crippen LogP contribution in [0.3, 0.4) is 0 Å². The molecule has 3 aliphatic rings. The van der Waals surface area contributed by atoms with E-state index in [2.05, 4.69) is 21.8 Å². The molecule has 0 radical (unpaired) electrons. The van der Waals surface area contributed by atoms with Crippen LogP contribution in [0, 0.1) is 23.7 Å². The molecule has 74 heavy (non-hydrogen) atoms. The summed E-state index contributed by atoms with van der Waals surface area (Å²) >= 11 is 0. The smallest absolute Gasteiger partial charge is 0.416 e. The Kier molecular flexibility index (Phi) is 16.9. The fourth-order valence-electron chi connectivity index (χ4n) is 9.71. The van der Waals surface area contributed by atoms with Crippen molar-refractivity contribution < 1.29 is 55.0 Å². The fourth-order valence-corrected chi connectivity index (χ4v) is 9.71. The van der Waals surface area contributed by atoms with Crippen molar-refractivity contribution in [2.75, 3.05) is 75.4 Å². The summed E-state index contributed by atoms with van der Waals surface area (Å²) in [6, 6.07) is 20.7. The zero-order chi connectivity index (χ0) is 53.5. The van der Waals surface area contributed by atoms with Crippen LogP contribution < -0.4 is 9.80 Å². The Bertz CT molecular complexity index is 2690. The molecule has 0 saturated carbocycles. The van der Waals surface area contributed by atoms with Gasteiger partial charge in [0.2, 0.25) is 0 Å². The van der Waals surface area contributed by atoms with E-state index in [1.807, 2.05) is 0 Å². The van der Waals surface area contributed by atoms with Gasteiger partial charge in [-0.2, -0.15) is 31.6 Å². The maximum absolute atomic E-state index is 14.7. The quantitative estimate of drug-likeness (QED) is 0.0612. The third-order valence-electron chi connectivity index (χ3n) is 13.3. The third-order valence-corrected chi connectivity index (χ3v) is 13.3. The minimum Gasteiger partial charge on any atom is -0.463 e. The number of terminal acetylenes is 1. The second-order valence-corrected chi connectivity index (χ2v) is 17.9. The molecule has 1 saturated heterocycles. The molecule has 2 atom stereocenters. The summed E-state index contributed by atoms with van der Waals surface area (Å²) in [7, 11) is 0. The molecule has 0 aliphatic carbocycles. The minimum atomic E-state index is -4.70. The largest absolute Gasteiger partial charge is 0.463 e. The summed E-state index contributed by atoms with van der Waals surface area (Å²) in [4.78, 5) is 66.6. The van der Waals surface area contributed by atoms with Crippen molar-refractivity contribution in [2.45, 2.75) is 65.0 Å². The monoisotopic (exact) mass is 1020 g/mol. The van der Waals surface area contributed by atoms with Crippen molar-refractivity contribution in [1.29, 1.82) is 5.26 Å². The van der Waals surface area contributed by atoms with Crippen LogP contribution >= 0.6 is 0 Å². The Morgan fingerprint density at radius 2 is 0.986 bits per heavy atom. The molecule has 1 fully saturated rings. The van der Waals surface area contributed by atoms with Gasteiger partial charge in [0.1, 0.15) is 0 Å². The number of hydrogen-bond donors (Lipinski definition) is 0. The van der Waals surface area contributed by atoms with E-state index in [0.29, 0.717) is 74.4 Å². The predicted molar refractivity (Wildman–Crippen MR) is 264 cm³/mol. The number of rotatable bonds is 16. The van der Waals surface area contributed by atoms with E-state index in [9.17, 15) is 50.8 Å². The highest BCUT2D eigenvalue weighted by atomic mass is 19.4. The molecule has 4 aromatic carbocycles. The molecule has 388 valence electrons. The number of carbonyl (C=O) groups excluding carboxylic acids is 4. The first-order chi connectivity index (χ1) is 35.3. The zero-order valence-electron chi connectivity index (χ0n) is 41.3. The van der Waals surface area contributed by atoms with Gasteiger partial charge in [-0.15, -0.1) is 6.42 Å². The maximum Gasteiger partial charge on any atom is 0.416 e. The Hall–Kier alpha value is -7.61. The van der Waals surface area contributed by atoms with Gasteiger partial charge in [-0.1, -0.05) is 42.3 Å². The molecule has 2 unspecified atom stereocenters. The Morgan fingerprint density at radius 1 is 0.608 bits per heavy atom. The second kappa shape index (κ2) is 23.1. The van der Waals surface area contributed by atoms with Gasteiger partial charge < -0.3 is 29.1 Å². The number of nitriles is 1. The molecule has 3 aliphatic heterocycles. The number of piperazine rings is 1. The number of benzene rings is 4. The number of allylic oxidation sites excluding steroid dienone is 2. The molecule has 4 amide bonds. The number of halogens is 6. The number of nitrogens with zero attached hydrogens (tertiary/aromatic N) is 7. The van der Waals surface area contributed by atoms with Crippen LogP contribution in [0.5, 0.6) is 0 Å². The van der Waals surface area contributed by atoms with Gasteiger partial charge in [-0.3, -0.25) is 9.80 Å². The number of hydrogen-bond acceptors (Lipinski definition) is 9. The first-order valence-corrected chi connectivity index (χ1v) is 24.1. The lowest BCUT2D eigenvalue weighted by Gasteiger charge is -2.43. The first kappa shape index (κ1) is 54.2. The standard InChI is InChI=1S/C55H55F6N7O6/c1-6-38-17-21-40(22-18-38)48-46(50(69)73-7-2)36(4)67(44-15-9-13-42(33-44)54(56,57)58)52(71)65(48)27-11-25-63-29-31-64(32-30-63)26-12-28-66-49(41-23-19-39(35-62)20-24-41)47(51(70)74-8-3)37(5)68(53(66)72)45-16-10-14-43(34-45)55(59,60)61/h1,9-10,13-24,33-34,48-49H,7-8,11-12,25-32H2,2-5H3. The number of esters is 2. The molecule has 13 nitrogen and oxygen atoms in total. The lowest BCUT2D eigenvalue weighted by Crippen LogP contribution is -2.52. The highest BCUT2D eigenvalue weighted by Gasteiger charge is 2.45. The summed E-state index contributed by atoms with van der Waals surface area (Å²) < 4.78 is 94.7. The molecule has 7 rings (SSSR count). The number of amides is 4. The van der Waals surface area contributed by atoms with Crippen LogP contribution in [-0.2, 0) is 31.4 Å². The van der Waals surface area contributed by atoms with Gasteiger partial charge in [0.15, 0.2) is 0 Å². The number of urea groups is 2. The zero-order valence-corrected chi connectivity index (χ0v) is 41.3. The van der Waals surface area contributed by atoms with Crippen molar-refractivity contribution in [1.82, 2.24) is 19.6 Å². The van der Waals surface area contributed by atoms with E-state index < -0.39 is 59.6 Å². The maximum atomic E-state index is 14.7. The molecule has 4 aromatic rings. The first-order valence-electron chi connectivity index (χ1n) is 24.1. The molecular formula is C55H55F6N7O6.